The number of hydrogen-bond donors (Lipinski definition) is 2. The molecule has 20 heavy (non-hydrogen) atoms. The number of hydrogen-bond acceptors (Lipinski definition) is 4. The predicted molar refractivity (Wildman–Crippen MR) is 73.6 cm³/mol. The third-order valence-corrected chi connectivity index (χ3v) is 3.63. The lowest BCUT2D eigenvalue weighted by molar-refractivity contribution is -0.120. The normalized spacial score (nSPS) is 19.3. The van der Waals surface area contributed by atoms with Crippen LogP contribution in [-0.4, -0.2) is 26.7 Å². The molecular formula is C14H17N5O. The van der Waals surface area contributed by atoms with Crippen molar-refractivity contribution >= 4 is 5.91 Å². The Labute approximate surface area is 117 Å². The van der Waals surface area contributed by atoms with Gasteiger partial charge in [0.15, 0.2) is 0 Å². The zero-order valence-electron chi connectivity index (χ0n) is 11.1. The lowest BCUT2D eigenvalue weighted by Gasteiger charge is -2.27. The predicted octanol–water partition coefficient (Wildman–Crippen LogP) is 0.409. The van der Waals surface area contributed by atoms with E-state index in [2.05, 4.69) is 15.4 Å². The minimum atomic E-state index is -0.466. The van der Waals surface area contributed by atoms with E-state index >= 15 is 0 Å². The molecule has 3 rings (SSSR count). The van der Waals surface area contributed by atoms with Crippen LogP contribution in [0.15, 0.2) is 36.7 Å². The molecule has 0 unspecified atom stereocenters. The van der Waals surface area contributed by atoms with Gasteiger partial charge in [0.1, 0.15) is 18.2 Å². The second-order valence-corrected chi connectivity index (χ2v) is 5.01. The van der Waals surface area contributed by atoms with Gasteiger partial charge in [-0.1, -0.05) is 30.3 Å². The molecule has 2 aromatic rings. The number of benzene rings is 1. The molecule has 2 heterocycles. The van der Waals surface area contributed by atoms with Crippen LogP contribution in [0.5, 0.6) is 0 Å². The summed E-state index contributed by atoms with van der Waals surface area (Å²) in [5.41, 5.74) is 6.42. The molecule has 0 bridgehead atoms. The maximum Gasteiger partial charge on any atom is 0.239 e. The molecule has 3 N–H and O–H groups in total. The van der Waals surface area contributed by atoms with E-state index < -0.39 is 6.04 Å². The summed E-state index contributed by atoms with van der Waals surface area (Å²) in [7, 11) is 0. The molecule has 6 nitrogen and oxygen atoms in total. The Balaban J connectivity index is 1.74. The van der Waals surface area contributed by atoms with Gasteiger partial charge in [-0.15, -0.1) is 0 Å². The summed E-state index contributed by atoms with van der Waals surface area (Å²) in [6, 6.07) is 9.25. The highest BCUT2D eigenvalue weighted by Gasteiger charge is 2.25. The van der Waals surface area contributed by atoms with Crippen LogP contribution in [0.2, 0.25) is 0 Å². The van der Waals surface area contributed by atoms with Gasteiger partial charge in [-0.2, -0.15) is 5.10 Å². The summed E-state index contributed by atoms with van der Waals surface area (Å²) in [5, 5.41) is 7.52. The molecular weight excluding hydrogens is 254 g/mol. The fourth-order valence-corrected chi connectivity index (χ4v) is 2.60. The molecule has 0 spiro atoms. The van der Waals surface area contributed by atoms with Gasteiger partial charge in [0.2, 0.25) is 5.91 Å². The monoisotopic (exact) mass is 271 g/mol. The number of primary amides is 1. The molecule has 2 atom stereocenters. The van der Waals surface area contributed by atoms with E-state index in [9.17, 15) is 4.79 Å². The molecule has 0 aliphatic carbocycles. The Morgan fingerprint density at radius 2 is 2.20 bits per heavy atom. The summed E-state index contributed by atoms with van der Waals surface area (Å²) >= 11 is 0. The molecule has 1 amide bonds. The minimum Gasteiger partial charge on any atom is -0.368 e. The van der Waals surface area contributed by atoms with E-state index in [1.807, 2.05) is 35.0 Å². The van der Waals surface area contributed by atoms with E-state index in [1.165, 1.54) is 0 Å². The Bertz CT molecular complexity index is 595. The zero-order chi connectivity index (χ0) is 13.9. The Kier molecular flexibility index (Phi) is 3.47. The topological polar surface area (TPSA) is 85.8 Å². The summed E-state index contributed by atoms with van der Waals surface area (Å²) in [6.07, 6.45) is 3.35. The van der Waals surface area contributed by atoms with Gasteiger partial charge in [0.05, 0.1) is 6.54 Å². The van der Waals surface area contributed by atoms with Gasteiger partial charge in [-0.25, -0.2) is 9.67 Å². The summed E-state index contributed by atoms with van der Waals surface area (Å²) in [4.78, 5) is 15.9. The molecule has 0 fully saturated rings. The van der Waals surface area contributed by atoms with E-state index in [0.29, 0.717) is 6.54 Å². The SMILES string of the molecule is NC(=O)[C@H](N[C@H]1CCc2ncnn2C1)c1ccccc1. The quantitative estimate of drug-likeness (QED) is 0.843. The lowest BCUT2D eigenvalue weighted by atomic mass is 10.0. The van der Waals surface area contributed by atoms with Crippen molar-refractivity contribution in [2.24, 2.45) is 5.73 Å². The van der Waals surface area contributed by atoms with Crippen LogP contribution < -0.4 is 11.1 Å². The molecule has 1 aromatic heterocycles. The van der Waals surface area contributed by atoms with Crippen molar-refractivity contribution in [3.05, 3.63) is 48.0 Å². The van der Waals surface area contributed by atoms with Crippen LogP contribution in [0.25, 0.3) is 0 Å². The Morgan fingerprint density at radius 3 is 2.95 bits per heavy atom. The third-order valence-electron chi connectivity index (χ3n) is 3.63. The molecule has 0 saturated heterocycles. The third kappa shape index (κ3) is 2.55. The maximum atomic E-state index is 11.7. The largest absolute Gasteiger partial charge is 0.368 e. The van der Waals surface area contributed by atoms with Gasteiger partial charge in [-0.3, -0.25) is 10.1 Å². The van der Waals surface area contributed by atoms with Gasteiger partial charge in [0.25, 0.3) is 0 Å². The van der Waals surface area contributed by atoms with E-state index in [1.54, 1.807) is 6.33 Å². The highest BCUT2D eigenvalue weighted by Crippen LogP contribution is 2.17. The van der Waals surface area contributed by atoms with Crippen LogP contribution >= 0.6 is 0 Å². The van der Waals surface area contributed by atoms with E-state index in [4.69, 9.17) is 5.73 Å². The molecule has 1 aromatic carbocycles. The van der Waals surface area contributed by atoms with Crippen LogP contribution in [-0.2, 0) is 17.8 Å². The molecule has 0 radical (unpaired) electrons. The van der Waals surface area contributed by atoms with Crippen LogP contribution in [0.3, 0.4) is 0 Å². The first-order chi connectivity index (χ1) is 9.74. The van der Waals surface area contributed by atoms with Crippen molar-refractivity contribution in [2.45, 2.75) is 31.5 Å². The lowest BCUT2D eigenvalue weighted by Crippen LogP contribution is -2.44. The number of nitrogens with two attached hydrogens (primary N) is 1. The van der Waals surface area contributed by atoms with Crippen LogP contribution in [0.1, 0.15) is 23.9 Å². The number of rotatable bonds is 4. The molecule has 6 heteroatoms. The second kappa shape index (κ2) is 5.42. The number of aromatic nitrogens is 3. The summed E-state index contributed by atoms with van der Waals surface area (Å²) in [5.74, 6) is 0.638. The van der Waals surface area contributed by atoms with Crippen molar-refractivity contribution in [1.82, 2.24) is 20.1 Å². The summed E-state index contributed by atoms with van der Waals surface area (Å²) in [6.45, 7) is 0.714. The highest BCUT2D eigenvalue weighted by molar-refractivity contribution is 5.81. The number of carbonyl (C=O) groups is 1. The Hall–Kier alpha value is -2.21. The number of aryl methyl sites for hydroxylation is 1. The smallest absolute Gasteiger partial charge is 0.239 e. The standard InChI is InChI=1S/C14H17N5O/c15-14(20)13(10-4-2-1-3-5-10)18-11-6-7-12-16-9-17-19(12)8-11/h1-5,9,11,13,18H,6-8H2,(H2,15,20)/t11-,13+/m0/s1. The number of nitrogens with one attached hydrogen (secondary N) is 1. The van der Waals surface area contributed by atoms with Crippen molar-refractivity contribution in [3.8, 4) is 0 Å². The van der Waals surface area contributed by atoms with Crippen molar-refractivity contribution in [1.29, 1.82) is 0 Å². The molecule has 1 aliphatic rings. The molecule has 104 valence electrons. The fourth-order valence-electron chi connectivity index (χ4n) is 2.60. The van der Waals surface area contributed by atoms with Gasteiger partial charge < -0.3 is 5.73 Å². The van der Waals surface area contributed by atoms with Crippen LogP contribution in [0, 0.1) is 0 Å². The first-order valence-electron chi connectivity index (χ1n) is 6.71. The fraction of sp³-hybridized carbons (Fsp3) is 0.357. The van der Waals surface area contributed by atoms with Crippen molar-refractivity contribution in [2.75, 3.05) is 0 Å². The molecule has 0 saturated carbocycles. The minimum absolute atomic E-state index is 0.168. The number of fused-ring (bicyclic) bond motifs is 1. The first-order valence-corrected chi connectivity index (χ1v) is 6.71. The average Bonchev–Trinajstić information content (AvgIpc) is 2.93. The van der Waals surface area contributed by atoms with Gasteiger partial charge in [-0.05, 0) is 12.0 Å². The van der Waals surface area contributed by atoms with E-state index in [-0.39, 0.29) is 11.9 Å². The highest BCUT2D eigenvalue weighted by atomic mass is 16.1. The average molecular weight is 271 g/mol. The van der Waals surface area contributed by atoms with E-state index in [0.717, 1.165) is 24.2 Å². The number of nitrogens with zero attached hydrogens (tertiary/aromatic N) is 3. The summed E-state index contributed by atoms with van der Waals surface area (Å²) < 4.78 is 1.88. The van der Waals surface area contributed by atoms with Crippen molar-refractivity contribution in [3.63, 3.8) is 0 Å². The zero-order valence-corrected chi connectivity index (χ0v) is 11.1. The molecule has 1 aliphatic heterocycles. The first kappa shape index (κ1) is 12.8. The Morgan fingerprint density at radius 1 is 1.40 bits per heavy atom. The maximum absolute atomic E-state index is 11.7. The van der Waals surface area contributed by atoms with Gasteiger partial charge in [0, 0.05) is 12.5 Å². The number of carbonyl (C=O) groups excluding carboxylic acids is 1. The van der Waals surface area contributed by atoms with Crippen LogP contribution in [0.4, 0.5) is 0 Å². The number of amides is 1. The van der Waals surface area contributed by atoms with Crippen molar-refractivity contribution < 1.29 is 4.79 Å². The second-order valence-electron chi connectivity index (χ2n) is 5.01. The van der Waals surface area contributed by atoms with Gasteiger partial charge >= 0.3 is 0 Å².